The smallest absolute Gasteiger partial charge is 0.337 e. The lowest BCUT2D eigenvalue weighted by molar-refractivity contribution is -0.122. The molecule has 1 fully saturated rings. The first-order valence-electron chi connectivity index (χ1n) is 9.04. The molecule has 7 heteroatoms. The molecular weight excluding hydrogens is 360 g/mol. The van der Waals surface area contributed by atoms with Gasteiger partial charge in [-0.3, -0.25) is 9.59 Å². The van der Waals surface area contributed by atoms with Gasteiger partial charge in [-0.15, -0.1) is 0 Å². The highest BCUT2D eigenvalue weighted by molar-refractivity contribution is 6.03. The summed E-state index contributed by atoms with van der Waals surface area (Å²) in [7, 11) is 1.31. The van der Waals surface area contributed by atoms with Crippen LogP contribution in [0.1, 0.15) is 23.7 Å². The Morgan fingerprint density at radius 3 is 2.39 bits per heavy atom. The Balaban J connectivity index is 1.62. The van der Waals surface area contributed by atoms with Gasteiger partial charge in [-0.2, -0.15) is 0 Å². The number of nitrogens with zero attached hydrogens (tertiary/aromatic N) is 1. The van der Waals surface area contributed by atoms with Crippen molar-refractivity contribution in [3.63, 3.8) is 0 Å². The fourth-order valence-corrected chi connectivity index (χ4v) is 3.07. The summed E-state index contributed by atoms with van der Waals surface area (Å²) in [5.74, 6) is -0.467. The Hall–Kier alpha value is -3.35. The highest BCUT2D eigenvalue weighted by Gasteiger charge is 2.35. The quantitative estimate of drug-likeness (QED) is 0.777. The molecule has 2 amide bonds. The number of methoxy groups -OCH3 is 1. The zero-order valence-corrected chi connectivity index (χ0v) is 15.8. The van der Waals surface area contributed by atoms with E-state index >= 15 is 0 Å². The summed E-state index contributed by atoms with van der Waals surface area (Å²) in [5, 5.41) is 2.80. The lowest BCUT2D eigenvalue weighted by Crippen LogP contribution is -2.28. The fraction of sp³-hybridized carbons (Fsp3) is 0.286. The van der Waals surface area contributed by atoms with Crippen molar-refractivity contribution in [2.45, 2.75) is 13.3 Å². The number of amides is 2. The SMILES string of the molecule is CCOc1ccc(N2C[C@@H](C(=O)Nc3ccc(C(=O)OC)cc3)CC2=O)cc1. The zero-order valence-electron chi connectivity index (χ0n) is 15.8. The van der Waals surface area contributed by atoms with Crippen LogP contribution in [0.5, 0.6) is 5.75 Å². The third-order valence-electron chi connectivity index (χ3n) is 4.53. The summed E-state index contributed by atoms with van der Waals surface area (Å²) in [5.41, 5.74) is 1.70. The number of carbonyl (C=O) groups is 3. The first kappa shape index (κ1) is 19.4. The van der Waals surface area contributed by atoms with Crippen molar-refractivity contribution in [1.29, 1.82) is 0 Å². The standard InChI is InChI=1S/C21H22N2O5/c1-3-28-18-10-8-17(9-11-18)23-13-15(12-19(23)24)20(25)22-16-6-4-14(5-7-16)21(26)27-2/h4-11,15H,3,12-13H2,1-2H3,(H,22,25)/t15-/m0/s1. The van der Waals surface area contributed by atoms with Crippen molar-refractivity contribution in [3.05, 3.63) is 54.1 Å². The molecule has 0 saturated carbocycles. The van der Waals surface area contributed by atoms with Crippen molar-refractivity contribution < 1.29 is 23.9 Å². The van der Waals surface area contributed by atoms with Gasteiger partial charge in [0.05, 0.1) is 25.2 Å². The van der Waals surface area contributed by atoms with E-state index in [9.17, 15) is 14.4 Å². The predicted molar refractivity (Wildman–Crippen MR) is 104 cm³/mol. The van der Waals surface area contributed by atoms with Gasteiger partial charge >= 0.3 is 5.97 Å². The van der Waals surface area contributed by atoms with Gasteiger partial charge in [0, 0.05) is 24.3 Å². The predicted octanol–water partition coefficient (Wildman–Crippen LogP) is 2.86. The molecule has 1 atom stereocenters. The Morgan fingerprint density at radius 2 is 1.79 bits per heavy atom. The van der Waals surface area contributed by atoms with Crippen LogP contribution in [0.15, 0.2) is 48.5 Å². The second kappa shape index (κ2) is 8.56. The molecule has 7 nitrogen and oxygen atoms in total. The van der Waals surface area contributed by atoms with Crippen LogP contribution in [0.4, 0.5) is 11.4 Å². The maximum Gasteiger partial charge on any atom is 0.337 e. The van der Waals surface area contributed by atoms with Gasteiger partial charge in [0.2, 0.25) is 11.8 Å². The van der Waals surface area contributed by atoms with Crippen LogP contribution >= 0.6 is 0 Å². The molecule has 1 aliphatic rings. The van der Waals surface area contributed by atoms with Crippen molar-refractivity contribution >= 4 is 29.2 Å². The number of hydrogen-bond donors (Lipinski definition) is 1. The summed E-state index contributed by atoms with van der Waals surface area (Å²) in [6.07, 6.45) is 0.152. The van der Waals surface area contributed by atoms with Gasteiger partial charge in [-0.25, -0.2) is 4.79 Å². The Bertz CT molecular complexity index is 861. The van der Waals surface area contributed by atoms with E-state index in [0.717, 1.165) is 11.4 Å². The summed E-state index contributed by atoms with van der Waals surface area (Å²) >= 11 is 0. The van der Waals surface area contributed by atoms with Crippen molar-refractivity contribution in [2.24, 2.45) is 5.92 Å². The van der Waals surface area contributed by atoms with Gasteiger partial charge in [0.1, 0.15) is 5.75 Å². The molecule has 2 aromatic rings. The minimum absolute atomic E-state index is 0.0923. The molecule has 1 heterocycles. The molecule has 0 spiro atoms. The first-order chi connectivity index (χ1) is 13.5. The van der Waals surface area contributed by atoms with Gasteiger partial charge in [-0.05, 0) is 55.5 Å². The van der Waals surface area contributed by atoms with E-state index in [0.29, 0.717) is 24.4 Å². The van der Waals surface area contributed by atoms with E-state index in [2.05, 4.69) is 10.1 Å². The van der Waals surface area contributed by atoms with Crippen LogP contribution in [-0.2, 0) is 14.3 Å². The first-order valence-corrected chi connectivity index (χ1v) is 9.04. The number of carbonyl (C=O) groups excluding carboxylic acids is 3. The number of nitrogens with one attached hydrogen (secondary N) is 1. The number of rotatable bonds is 6. The molecule has 2 aromatic carbocycles. The van der Waals surface area contributed by atoms with E-state index < -0.39 is 11.9 Å². The van der Waals surface area contributed by atoms with E-state index in [1.165, 1.54) is 7.11 Å². The molecule has 1 N–H and O–H groups in total. The van der Waals surface area contributed by atoms with Crippen LogP contribution in [0.25, 0.3) is 0 Å². The normalized spacial score (nSPS) is 16.0. The topological polar surface area (TPSA) is 84.9 Å². The molecule has 0 bridgehead atoms. The molecule has 1 saturated heterocycles. The summed E-state index contributed by atoms with van der Waals surface area (Å²) < 4.78 is 10.1. The third kappa shape index (κ3) is 4.31. The molecular formula is C21H22N2O5. The lowest BCUT2D eigenvalue weighted by atomic mass is 10.1. The lowest BCUT2D eigenvalue weighted by Gasteiger charge is -2.17. The Morgan fingerprint density at radius 1 is 1.11 bits per heavy atom. The number of hydrogen-bond acceptors (Lipinski definition) is 5. The molecule has 0 unspecified atom stereocenters. The van der Waals surface area contributed by atoms with Crippen LogP contribution in [0.2, 0.25) is 0 Å². The van der Waals surface area contributed by atoms with Crippen LogP contribution in [0, 0.1) is 5.92 Å². The molecule has 0 aromatic heterocycles. The largest absolute Gasteiger partial charge is 0.494 e. The average molecular weight is 382 g/mol. The summed E-state index contributed by atoms with van der Waals surface area (Å²) in [6, 6.07) is 13.7. The highest BCUT2D eigenvalue weighted by Crippen LogP contribution is 2.27. The monoisotopic (exact) mass is 382 g/mol. The minimum atomic E-state index is -0.445. The van der Waals surface area contributed by atoms with Crippen LogP contribution in [-0.4, -0.2) is 38.0 Å². The van der Waals surface area contributed by atoms with E-state index in [1.54, 1.807) is 29.2 Å². The highest BCUT2D eigenvalue weighted by atomic mass is 16.5. The van der Waals surface area contributed by atoms with Gasteiger partial charge in [0.15, 0.2) is 0 Å². The maximum atomic E-state index is 12.5. The van der Waals surface area contributed by atoms with Gasteiger partial charge in [0.25, 0.3) is 0 Å². The van der Waals surface area contributed by atoms with Crippen molar-refractivity contribution in [3.8, 4) is 5.75 Å². The van der Waals surface area contributed by atoms with Gasteiger partial charge in [-0.1, -0.05) is 0 Å². The second-order valence-corrected chi connectivity index (χ2v) is 6.39. The maximum absolute atomic E-state index is 12.5. The van der Waals surface area contributed by atoms with E-state index in [4.69, 9.17) is 4.74 Å². The average Bonchev–Trinajstić information content (AvgIpc) is 3.10. The molecule has 146 valence electrons. The number of benzene rings is 2. The molecule has 1 aliphatic heterocycles. The molecule has 0 radical (unpaired) electrons. The summed E-state index contributed by atoms with van der Waals surface area (Å²) in [4.78, 5) is 38.0. The second-order valence-electron chi connectivity index (χ2n) is 6.39. The molecule has 0 aliphatic carbocycles. The number of anilines is 2. The Labute approximate surface area is 163 Å². The van der Waals surface area contributed by atoms with E-state index in [-0.39, 0.29) is 18.2 Å². The molecule has 28 heavy (non-hydrogen) atoms. The van der Waals surface area contributed by atoms with Crippen LogP contribution < -0.4 is 15.0 Å². The van der Waals surface area contributed by atoms with Crippen molar-refractivity contribution in [1.82, 2.24) is 0 Å². The molecule has 3 rings (SSSR count). The van der Waals surface area contributed by atoms with Crippen molar-refractivity contribution in [2.75, 3.05) is 30.5 Å². The summed E-state index contributed by atoms with van der Waals surface area (Å²) in [6.45, 7) is 2.80. The van der Waals surface area contributed by atoms with E-state index in [1.807, 2.05) is 31.2 Å². The number of esters is 1. The fourth-order valence-electron chi connectivity index (χ4n) is 3.07. The Kier molecular flexibility index (Phi) is 5.93. The van der Waals surface area contributed by atoms with Crippen LogP contribution in [0.3, 0.4) is 0 Å². The minimum Gasteiger partial charge on any atom is -0.494 e. The third-order valence-corrected chi connectivity index (χ3v) is 4.53. The zero-order chi connectivity index (χ0) is 20.1. The van der Waals surface area contributed by atoms with Gasteiger partial charge < -0.3 is 19.7 Å². The number of ether oxygens (including phenoxy) is 2.